The Labute approximate surface area is 170 Å². The van der Waals surface area contributed by atoms with E-state index >= 15 is 0 Å². The van der Waals surface area contributed by atoms with Crippen molar-refractivity contribution >= 4 is 22.9 Å². The minimum absolute atomic E-state index is 0.261. The molecule has 0 bridgehead atoms. The van der Waals surface area contributed by atoms with Crippen LogP contribution in [0.5, 0.6) is 0 Å². The Bertz CT molecular complexity index is 1050. The summed E-state index contributed by atoms with van der Waals surface area (Å²) in [6, 6.07) is 9.80. The van der Waals surface area contributed by atoms with E-state index in [-0.39, 0.29) is 12.5 Å². The average Bonchev–Trinajstić information content (AvgIpc) is 2.99. The number of rotatable bonds is 6. The van der Waals surface area contributed by atoms with Crippen molar-refractivity contribution < 1.29 is 14.3 Å². The number of nitrogens with zero attached hydrogens (tertiary/aromatic N) is 4. The van der Waals surface area contributed by atoms with Crippen LogP contribution in [0.2, 0.25) is 0 Å². The van der Waals surface area contributed by atoms with Crippen LogP contribution < -0.4 is 0 Å². The van der Waals surface area contributed by atoms with Crippen molar-refractivity contribution in [1.82, 2.24) is 19.7 Å². The number of aryl methyl sites for hydroxylation is 4. The summed E-state index contributed by atoms with van der Waals surface area (Å²) in [7, 11) is 3.48. The second-order valence-electron chi connectivity index (χ2n) is 7.21. The summed E-state index contributed by atoms with van der Waals surface area (Å²) in [6.45, 7) is 5.87. The zero-order valence-electron chi connectivity index (χ0n) is 17.5. The molecule has 0 aliphatic carbocycles. The molecule has 7 heteroatoms. The third kappa shape index (κ3) is 4.45. The van der Waals surface area contributed by atoms with E-state index in [1.807, 2.05) is 19.1 Å². The second kappa shape index (κ2) is 8.43. The van der Waals surface area contributed by atoms with Gasteiger partial charge in [0, 0.05) is 26.3 Å². The number of fused-ring (bicyclic) bond motifs is 1. The summed E-state index contributed by atoms with van der Waals surface area (Å²) in [4.78, 5) is 31.1. The predicted octanol–water partition coefficient (Wildman–Crippen LogP) is 2.96. The van der Waals surface area contributed by atoms with Crippen molar-refractivity contribution in [2.45, 2.75) is 33.7 Å². The summed E-state index contributed by atoms with van der Waals surface area (Å²) < 4.78 is 6.95. The number of carbonyl (C=O) groups excluding carboxylic acids is 2. The van der Waals surface area contributed by atoms with Crippen LogP contribution in [-0.2, 0) is 29.5 Å². The highest BCUT2D eigenvalue weighted by atomic mass is 16.5. The minimum atomic E-state index is -0.550. The number of hydrogen-bond donors (Lipinski definition) is 0. The molecule has 1 aromatic carbocycles. The summed E-state index contributed by atoms with van der Waals surface area (Å²) in [5, 5.41) is 4.98. The second-order valence-corrected chi connectivity index (χ2v) is 7.21. The van der Waals surface area contributed by atoms with Crippen LogP contribution in [0, 0.1) is 13.8 Å². The zero-order valence-corrected chi connectivity index (χ0v) is 17.5. The van der Waals surface area contributed by atoms with E-state index in [0.717, 1.165) is 12.0 Å². The maximum absolute atomic E-state index is 12.7. The van der Waals surface area contributed by atoms with E-state index in [9.17, 15) is 9.59 Å². The Kier molecular flexibility index (Phi) is 5.96. The molecule has 0 aliphatic heterocycles. The van der Waals surface area contributed by atoms with Gasteiger partial charge in [-0.15, -0.1) is 0 Å². The summed E-state index contributed by atoms with van der Waals surface area (Å²) >= 11 is 0. The fraction of sp³-hybridized carbons (Fsp3) is 0.364. The number of hydrogen-bond acceptors (Lipinski definition) is 5. The molecule has 0 radical (unpaired) electrons. The maximum Gasteiger partial charge on any atom is 0.339 e. The number of benzene rings is 1. The molecule has 0 N–H and O–H groups in total. The van der Waals surface area contributed by atoms with Crippen molar-refractivity contribution in [3.05, 3.63) is 58.4 Å². The van der Waals surface area contributed by atoms with Gasteiger partial charge in [-0.05, 0) is 37.5 Å². The van der Waals surface area contributed by atoms with Gasteiger partial charge >= 0.3 is 5.97 Å². The molecule has 2 aromatic heterocycles. The number of ether oxygens (including phenoxy) is 1. The van der Waals surface area contributed by atoms with E-state index in [4.69, 9.17) is 4.74 Å². The molecule has 1 amide bonds. The fourth-order valence-electron chi connectivity index (χ4n) is 3.29. The van der Waals surface area contributed by atoms with Gasteiger partial charge in [0.25, 0.3) is 5.91 Å². The lowest BCUT2D eigenvalue weighted by Gasteiger charge is -2.17. The molecule has 0 unspecified atom stereocenters. The lowest BCUT2D eigenvalue weighted by molar-refractivity contribution is -0.133. The Morgan fingerprint density at radius 1 is 1.14 bits per heavy atom. The normalized spacial score (nSPS) is 10.9. The monoisotopic (exact) mass is 394 g/mol. The third-order valence-corrected chi connectivity index (χ3v) is 4.92. The van der Waals surface area contributed by atoms with Crippen LogP contribution in [0.3, 0.4) is 0 Å². The molecular weight excluding hydrogens is 368 g/mol. The molecule has 0 saturated heterocycles. The highest BCUT2D eigenvalue weighted by Crippen LogP contribution is 2.22. The van der Waals surface area contributed by atoms with Gasteiger partial charge in [0.2, 0.25) is 0 Å². The number of esters is 1. The molecule has 3 aromatic rings. The maximum atomic E-state index is 12.7. The number of amides is 1. The molecular formula is C22H26N4O3. The topological polar surface area (TPSA) is 77.3 Å². The fourth-order valence-corrected chi connectivity index (χ4v) is 3.29. The first-order valence-corrected chi connectivity index (χ1v) is 9.60. The van der Waals surface area contributed by atoms with Crippen molar-refractivity contribution in [2.75, 3.05) is 13.7 Å². The molecule has 7 nitrogen and oxygen atoms in total. The third-order valence-electron chi connectivity index (χ3n) is 4.92. The zero-order chi connectivity index (χ0) is 21.1. The van der Waals surface area contributed by atoms with E-state index in [2.05, 4.69) is 29.1 Å². The standard InChI is InChI=1S/C22H26N4O3/c1-6-16-7-9-17(10-8-16)12-25(4)19(27)13-29-22(28)18-11-14(2)23-21-20(18)15(3)24-26(21)5/h7-11H,6,12-13H2,1-5H3. The smallest absolute Gasteiger partial charge is 0.339 e. The van der Waals surface area contributed by atoms with Crippen LogP contribution in [0.4, 0.5) is 0 Å². The van der Waals surface area contributed by atoms with Crippen molar-refractivity contribution in [1.29, 1.82) is 0 Å². The molecule has 0 atom stereocenters. The lowest BCUT2D eigenvalue weighted by atomic mass is 10.1. The van der Waals surface area contributed by atoms with E-state index in [1.54, 1.807) is 36.7 Å². The lowest BCUT2D eigenvalue weighted by Crippen LogP contribution is -2.30. The molecule has 0 saturated carbocycles. The van der Waals surface area contributed by atoms with Crippen molar-refractivity contribution in [3.8, 4) is 0 Å². The number of carbonyl (C=O) groups is 2. The number of aromatic nitrogens is 3. The first-order chi connectivity index (χ1) is 13.8. The molecule has 0 aliphatic rings. The van der Waals surface area contributed by atoms with E-state index in [1.165, 1.54) is 5.56 Å². The first kappa shape index (κ1) is 20.5. The molecule has 3 rings (SSSR count). The summed E-state index contributed by atoms with van der Waals surface area (Å²) in [6.07, 6.45) is 0.975. The van der Waals surface area contributed by atoms with Gasteiger partial charge in [-0.1, -0.05) is 31.2 Å². The predicted molar refractivity (Wildman–Crippen MR) is 111 cm³/mol. The van der Waals surface area contributed by atoms with Crippen LogP contribution >= 0.6 is 0 Å². The Balaban J connectivity index is 1.67. The molecule has 0 spiro atoms. The summed E-state index contributed by atoms with van der Waals surface area (Å²) in [5.41, 5.74) is 4.66. The van der Waals surface area contributed by atoms with Crippen molar-refractivity contribution in [3.63, 3.8) is 0 Å². The van der Waals surface area contributed by atoms with Crippen LogP contribution in [0.15, 0.2) is 30.3 Å². The SMILES string of the molecule is CCc1ccc(CN(C)C(=O)COC(=O)c2cc(C)nc3c2c(C)nn3C)cc1. The van der Waals surface area contributed by atoms with Crippen LogP contribution in [0.25, 0.3) is 11.0 Å². The number of likely N-dealkylation sites (N-methyl/N-ethyl adjacent to an activating group) is 1. The molecule has 29 heavy (non-hydrogen) atoms. The summed E-state index contributed by atoms with van der Waals surface area (Å²) in [5.74, 6) is -0.812. The van der Waals surface area contributed by atoms with Crippen LogP contribution in [0.1, 0.15) is 39.8 Å². The first-order valence-electron chi connectivity index (χ1n) is 9.60. The van der Waals surface area contributed by atoms with Gasteiger partial charge in [0.1, 0.15) is 0 Å². The Hall–Kier alpha value is -3.22. The quantitative estimate of drug-likeness (QED) is 0.601. The Morgan fingerprint density at radius 2 is 1.79 bits per heavy atom. The minimum Gasteiger partial charge on any atom is -0.452 e. The molecule has 0 fully saturated rings. The van der Waals surface area contributed by atoms with Gasteiger partial charge in [-0.2, -0.15) is 5.10 Å². The van der Waals surface area contributed by atoms with Gasteiger partial charge in [-0.25, -0.2) is 9.78 Å². The van der Waals surface area contributed by atoms with Crippen LogP contribution in [-0.4, -0.2) is 45.2 Å². The van der Waals surface area contributed by atoms with Crippen molar-refractivity contribution in [2.24, 2.45) is 7.05 Å². The average molecular weight is 394 g/mol. The van der Waals surface area contributed by atoms with Gasteiger partial charge in [-0.3, -0.25) is 9.48 Å². The molecule has 2 heterocycles. The van der Waals surface area contributed by atoms with Gasteiger partial charge in [0.05, 0.1) is 16.6 Å². The number of pyridine rings is 1. The Morgan fingerprint density at radius 3 is 2.45 bits per heavy atom. The largest absolute Gasteiger partial charge is 0.452 e. The highest BCUT2D eigenvalue weighted by molar-refractivity contribution is 6.04. The van der Waals surface area contributed by atoms with Gasteiger partial charge in [0.15, 0.2) is 12.3 Å². The highest BCUT2D eigenvalue weighted by Gasteiger charge is 2.20. The van der Waals surface area contributed by atoms with E-state index < -0.39 is 5.97 Å². The van der Waals surface area contributed by atoms with Gasteiger partial charge < -0.3 is 9.64 Å². The molecule has 152 valence electrons. The van der Waals surface area contributed by atoms with E-state index in [0.29, 0.717) is 34.5 Å².